The predicted octanol–water partition coefficient (Wildman–Crippen LogP) is 4.03. The maximum atomic E-state index is 13.5. The number of rotatable bonds is 7. The molecule has 38 heavy (non-hydrogen) atoms. The minimum absolute atomic E-state index is 0.0263. The smallest absolute Gasteiger partial charge is 0.303 e. The maximum Gasteiger partial charge on any atom is 0.303 e. The number of fused-ring (bicyclic) bond motifs is 9. The monoisotopic (exact) mass is 523 g/mol. The second kappa shape index (κ2) is 13.3. The number of ether oxygens (including phenoxy) is 2. The third-order valence-corrected chi connectivity index (χ3v) is 7.55. The molecule has 1 aromatic carbocycles. The summed E-state index contributed by atoms with van der Waals surface area (Å²) in [6.45, 7) is 3.08. The molecular weight excluding hydrogens is 486 g/mol. The number of piperidine rings is 1. The van der Waals surface area contributed by atoms with Gasteiger partial charge in [0.25, 0.3) is 5.91 Å². The van der Waals surface area contributed by atoms with E-state index in [1.54, 1.807) is 29.4 Å². The highest BCUT2D eigenvalue weighted by molar-refractivity contribution is 5.97. The summed E-state index contributed by atoms with van der Waals surface area (Å²) < 4.78 is 12.2. The van der Waals surface area contributed by atoms with Gasteiger partial charge in [-0.1, -0.05) is 18.6 Å². The van der Waals surface area contributed by atoms with Crippen LogP contribution in [-0.2, 0) is 9.59 Å². The standard InChI is InChI=1S/C29H37N3O6/c33-26(10-5-11-27(34)35)31-16-4-3-12-29(22-38-23-7-6-15-30-21-23)13-17-32(18-14-29)28(36)24-8-1-2-9-25(24)37-20-19-31/h1-2,6-9,15,21H,3-5,10-14,16-20,22H2,(H,34,35). The first-order chi connectivity index (χ1) is 18.5. The van der Waals surface area contributed by atoms with Crippen molar-refractivity contribution in [2.75, 3.05) is 39.4 Å². The van der Waals surface area contributed by atoms with Crippen molar-refractivity contribution in [3.8, 4) is 11.5 Å². The van der Waals surface area contributed by atoms with E-state index < -0.39 is 5.97 Å². The Morgan fingerprint density at radius 2 is 1.82 bits per heavy atom. The lowest BCUT2D eigenvalue weighted by atomic mass is 9.75. The van der Waals surface area contributed by atoms with Crippen LogP contribution in [0.2, 0.25) is 0 Å². The van der Waals surface area contributed by atoms with Gasteiger partial charge in [-0.05, 0) is 56.4 Å². The fraction of sp³-hybridized carbons (Fsp3) is 0.517. The molecule has 0 spiro atoms. The SMILES string of the molecule is O=C(O)CCCC(=O)N1CCCCC2(COc3cccnc3)CCN(CC2)C(=O)c2ccccc2OCC1. The zero-order chi connectivity index (χ0) is 26.8. The number of para-hydroxylation sites is 1. The molecule has 5 rings (SSSR count). The van der Waals surface area contributed by atoms with Crippen LogP contribution in [0.5, 0.6) is 11.5 Å². The first-order valence-corrected chi connectivity index (χ1v) is 13.5. The molecule has 2 bridgehead atoms. The molecule has 0 unspecified atom stereocenters. The summed E-state index contributed by atoms with van der Waals surface area (Å²) in [5.74, 6) is 0.246. The molecule has 2 amide bonds. The second-order valence-corrected chi connectivity index (χ2v) is 10.2. The number of aromatic nitrogens is 1. The molecule has 9 heteroatoms. The Morgan fingerprint density at radius 3 is 2.58 bits per heavy atom. The highest BCUT2D eigenvalue weighted by atomic mass is 16.5. The first-order valence-electron chi connectivity index (χ1n) is 13.5. The van der Waals surface area contributed by atoms with E-state index in [4.69, 9.17) is 14.6 Å². The van der Waals surface area contributed by atoms with Gasteiger partial charge in [-0.25, -0.2) is 0 Å². The van der Waals surface area contributed by atoms with Crippen molar-refractivity contribution >= 4 is 17.8 Å². The summed E-state index contributed by atoms with van der Waals surface area (Å²) in [4.78, 5) is 45.1. The fourth-order valence-electron chi connectivity index (χ4n) is 5.24. The molecule has 9 nitrogen and oxygen atoms in total. The molecule has 3 aliphatic heterocycles. The number of carboxylic acids is 1. The van der Waals surface area contributed by atoms with E-state index >= 15 is 0 Å². The molecular formula is C29H37N3O6. The van der Waals surface area contributed by atoms with E-state index in [0.717, 1.165) is 37.9 Å². The van der Waals surface area contributed by atoms with Crippen molar-refractivity contribution < 1.29 is 29.0 Å². The first kappa shape index (κ1) is 27.4. The maximum absolute atomic E-state index is 13.5. The third kappa shape index (κ3) is 7.46. The van der Waals surface area contributed by atoms with Crippen molar-refractivity contribution in [2.45, 2.75) is 51.4 Å². The highest BCUT2D eigenvalue weighted by Crippen LogP contribution is 2.38. The molecule has 4 heterocycles. The van der Waals surface area contributed by atoms with Crippen LogP contribution < -0.4 is 9.47 Å². The number of carboxylic acid groups (broad SMARTS) is 1. The van der Waals surface area contributed by atoms with Gasteiger partial charge in [0.2, 0.25) is 5.91 Å². The van der Waals surface area contributed by atoms with E-state index in [1.165, 1.54) is 0 Å². The average Bonchev–Trinajstić information content (AvgIpc) is 2.94. The fourth-order valence-corrected chi connectivity index (χ4v) is 5.24. The quantitative estimate of drug-likeness (QED) is 0.584. The van der Waals surface area contributed by atoms with Crippen LogP contribution in [0, 0.1) is 5.41 Å². The number of hydrogen-bond acceptors (Lipinski definition) is 6. The Morgan fingerprint density at radius 1 is 1.00 bits per heavy atom. The van der Waals surface area contributed by atoms with E-state index in [2.05, 4.69) is 4.98 Å². The van der Waals surface area contributed by atoms with E-state index in [1.807, 2.05) is 29.2 Å². The van der Waals surface area contributed by atoms with Crippen LogP contribution in [0.15, 0.2) is 48.8 Å². The number of hydrogen-bond donors (Lipinski definition) is 1. The molecule has 1 N–H and O–H groups in total. The molecule has 1 saturated heterocycles. The normalized spacial score (nSPS) is 18.1. The summed E-state index contributed by atoms with van der Waals surface area (Å²) in [6.07, 6.45) is 8.27. The molecule has 2 aromatic rings. The number of carbonyl (C=O) groups excluding carboxylic acids is 2. The zero-order valence-electron chi connectivity index (χ0n) is 21.8. The number of carbonyl (C=O) groups is 3. The van der Waals surface area contributed by atoms with Gasteiger partial charge in [0.15, 0.2) is 0 Å². The summed E-state index contributed by atoms with van der Waals surface area (Å²) in [6, 6.07) is 11.0. The van der Waals surface area contributed by atoms with Crippen molar-refractivity contribution in [3.63, 3.8) is 0 Å². The van der Waals surface area contributed by atoms with Crippen molar-refractivity contribution in [2.24, 2.45) is 5.41 Å². The topological polar surface area (TPSA) is 109 Å². The molecule has 204 valence electrons. The zero-order valence-corrected chi connectivity index (χ0v) is 21.8. The van der Waals surface area contributed by atoms with E-state index in [9.17, 15) is 14.4 Å². The largest absolute Gasteiger partial charge is 0.491 e. The van der Waals surface area contributed by atoms with Gasteiger partial charge < -0.3 is 24.4 Å². The molecule has 1 aromatic heterocycles. The summed E-state index contributed by atoms with van der Waals surface area (Å²) >= 11 is 0. The lowest BCUT2D eigenvalue weighted by molar-refractivity contribution is -0.137. The van der Waals surface area contributed by atoms with Crippen molar-refractivity contribution in [3.05, 3.63) is 54.4 Å². The van der Waals surface area contributed by atoms with Crippen LogP contribution in [0.3, 0.4) is 0 Å². The van der Waals surface area contributed by atoms with Crippen LogP contribution >= 0.6 is 0 Å². The molecule has 3 aliphatic rings. The Labute approximate surface area is 223 Å². The Kier molecular flexibility index (Phi) is 9.56. The van der Waals surface area contributed by atoms with E-state index in [-0.39, 0.29) is 36.7 Å². The number of aliphatic carboxylic acids is 1. The van der Waals surface area contributed by atoms with Gasteiger partial charge in [-0.2, -0.15) is 0 Å². The van der Waals surface area contributed by atoms with Crippen LogP contribution in [-0.4, -0.2) is 77.1 Å². The lowest BCUT2D eigenvalue weighted by Gasteiger charge is -2.42. The minimum atomic E-state index is -0.899. The minimum Gasteiger partial charge on any atom is -0.491 e. The van der Waals surface area contributed by atoms with E-state index in [0.29, 0.717) is 50.5 Å². The molecule has 0 saturated carbocycles. The molecule has 0 aliphatic carbocycles. The van der Waals surface area contributed by atoms with Gasteiger partial charge >= 0.3 is 5.97 Å². The molecule has 1 fully saturated rings. The van der Waals surface area contributed by atoms with Crippen LogP contribution in [0.1, 0.15) is 61.7 Å². The predicted molar refractivity (Wildman–Crippen MR) is 141 cm³/mol. The van der Waals surface area contributed by atoms with Crippen LogP contribution in [0.4, 0.5) is 0 Å². The Balaban J connectivity index is 1.50. The number of benzene rings is 1. The summed E-state index contributed by atoms with van der Waals surface area (Å²) in [5.41, 5.74) is 0.458. The Hall–Kier alpha value is -3.62. The van der Waals surface area contributed by atoms with Crippen molar-refractivity contribution in [1.82, 2.24) is 14.8 Å². The second-order valence-electron chi connectivity index (χ2n) is 10.2. The third-order valence-electron chi connectivity index (χ3n) is 7.55. The number of nitrogens with zero attached hydrogens (tertiary/aromatic N) is 3. The molecule has 0 atom stereocenters. The van der Waals surface area contributed by atoms with Gasteiger partial charge in [0.05, 0.1) is 24.9 Å². The summed E-state index contributed by atoms with van der Waals surface area (Å²) in [5, 5.41) is 8.93. The number of pyridine rings is 1. The van der Waals surface area contributed by atoms with Crippen molar-refractivity contribution in [1.29, 1.82) is 0 Å². The number of amides is 2. The van der Waals surface area contributed by atoms with Gasteiger partial charge in [-0.3, -0.25) is 19.4 Å². The Bertz CT molecular complexity index is 1080. The van der Waals surface area contributed by atoms with Gasteiger partial charge in [-0.15, -0.1) is 0 Å². The summed E-state index contributed by atoms with van der Waals surface area (Å²) in [7, 11) is 0. The highest BCUT2D eigenvalue weighted by Gasteiger charge is 2.37. The van der Waals surface area contributed by atoms with Gasteiger partial charge in [0.1, 0.15) is 18.1 Å². The molecule has 0 radical (unpaired) electrons. The average molecular weight is 524 g/mol. The lowest BCUT2D eigenvalue weighted by Crippen LogP contribution is -2.45. The van der Waals surface area contributed by atoms with Gasteiger partial charge in [0, 0.05) is 44.1 Å². The van der Waals surface area contributed by atoms with Crippen LogP contribution in [0.25, 0.3) is 0 Å².